The second-order valence-corrected chi connectivity index (χ2v) is 9.45. The Hall–Kier alpha value is -2.15. The fourth-order valence-electron chi connectivity index (χ4n) is 3.58. The molecule has 1 aliphatic heterocycles. The first-order valence-electron chi connectivity index (χ1n) is 10.3. The van der Waals surface area contributed by atoms with Crippen LogP contribution in [0.4, 0.5) is 5.13 Å². The number of nitrogens with zero attached hydrogens (tertiary/aromatic N) is 2. The number of rotatable bonds is 6. The third kappa shape index (κ3) is 5.31. The number of likely N-dealkylation sites (tertiary alicyclic amines) is 1. The van der Waals surface area contributed by atoms with Crippen LogP contribution in [-0.4, -0.2) is 35.0 Å². The molecule has 1 unspecified atom stereocenters. The molecule has 1 aromatic heterocycles. The number of halogens is 1. The van der Waals surface area contributed by atoms with Gasteiger partial charge in [-0.05, 0) is 80.7 Å². The second kappa shape index (κ2) is 9.33. The first-order valence-corrected chi connectivity index (χ1v) is 11.5. The quantitative estimate of drug-likeness (QED) is 0.539. The average molecular weight is 444 g/mol. The summed E-state index contributed by atoms with van der Waals surface area (Å²) in [6, 6.07) is 13.3. The van der Waals surface area contributed by atoms with E-state index in [0.29, 0.717) is 15.9 Å². The van der Waals surface area contributed by atoms with Gasteiger partial charge in [0.15, 0.2) is 11.2 Å². The van der Waals surface area contributed by atoms with Crippen molar-refractivity contribution in [2.24, 2.45) is 5.92 Å². The number of benzene rings is 2. The number of amides is 1. The molecule has 7 heteroatoms. The third-order valence-corrected chi connectivity index (χ3v) is 6.65. The monoisotopic (exact) mass is 443 g/mol. The van der Waals surface area contributed by atoms with E-state index in [1.165, 1.54) is 29.7 Å². The van der Waals surface area contributed by atoms with Gasteiger partial charge in [0, 0.05) is 11.6 Å². The maximum atomic E-state index is 12.5. The maximum absolute atomic E-state index is 12.5. The van der Waals surface area contributed by atoms with Crippen LogP contribution in [0.1, 0.15) is 32.3 Å². The minimum Gasteiger partial charge on any atom is -0.481 e. The summed E-state index contributed by atoms with van der Waals surface area (Å²) in [5, 5.41) is 4.09. The van der Waals surface area contributed by atoms with Crippen molar-refractivity contribution in [2.45, 2.75) is 39.3 Å². The van der Waals surface area contributed by atoms with Crippen LogP contribution in [0.25, 0.3) is 10.2 Å². The van der Waals surface area contributed by atoms with Crippen LogP contribution in [0, 0.1) is 5.92 Å². The molecule has 1 aliphatic rings. The van der Waals surface area contributed by atoms with Crippen LogP contribution >= 0.6 is 22.9 Å². The van der Waals surface area contributed by atoms with Crippen molar-refractivity contribution in [3.05, 3.63) is 53.1 Å². The first-order chi connectivity index (χ1) is 14.5. The summed E-state index contributed by atoms with van der Waals surface area (Å²) in [7, 11) is 0. The highest BCUT2D eigenvalue weighted by atomic mass is 35.5. The number of hydrogen-bond donors (Lipinski definition) is 1. The predicted molar refractivity (Wildman–Crippen MR) is 123 cm³/mol. The number of fused-ring (bicyclic) bond motifs is 1. The van der Waals surface area contributed by atoms with Crippen molar-refractivity contribution >= 4 is 44.2 Å². The van der Waals surface area contributed by atoms with Crippen molar-refractivity contribution in [3.63, 3.8) is 0 Å². The fraction of sp³-hybridized carbons (Fsp3) is 0.391. The Bertz CT molecular complexity index is 1010. The Morgan fingerprint density at radius 2 is 2.00 bits per heavy atom. The van der Waals surface area contributed by atoms with Crippen LogP contribution < -0.4 is 10.1 Å². The summed E-state index contributed by atoms with van der Waals surface area (Å²) in [5.74, 6) is 1.21. The third-order valence-electron chi connectivity index (χ3n) is 5.46. The topological polar surface area (TPSA) is 54.5 Å². The smallest absolute Gasteiger partial charge is 0.266 e. The number of carbonyl (C=O) groups excluding carboxylic acids is 1. The van der Waals surface area contributed by atoms with Gasteiger partial charge in [-0.25, -0.2) is 4.98 Å². The van der Waals surface area contributed by atoms with E-state index >= 15 is 0 Å². The van der Waals surface area contributed by atoms with Gasteiger partial charge in [-0.3, -0.25) is 15.0 Å². The lowest BCUT2D eigenvalue weighted by atomic mass is 9.99. The molecule has 5 nitrogen and oxygen atoms in total. The molecule has 2 heterocycles. The summed E-state index contributed by atoms with van der Waals surface area (Å²) < 4.78 is 6.77. The predicted octanol–water partition coefficient (Wildman–Crippen LogP) is 5.59. The van der Waals surface area contributed by atoms with E-state index in [1.54, 1.807) is 31.2 Å². The molecule has 1 fully saturated rings. The lowest BCUT2D eigenvalue weighted by Crippen LogP contribution is -2.32. The molecule has 0 saturated carbocycles. The van der Waals surface area contributed by atoms with E-state index < -0.39 is 6.10 Å². The van der Waals surface area contributed by atoms with E-state index in [0.717, 1.165) is 35.8 Å². The molecule has 3 aromatic rings. The molecule has 1 atom stereocenters. The average Bonchev–Trinajstić information content (AvgIpc) is 3.13. The van der Waals surface area contributed by atoms with Gasteiger partial charge in [-0.1, -0.05) is 35.9 Å². The van der Waals surface area contributed by atoms with Crippen LogP contribution in [0.5, 0.6) is 5.75 Å². The van der Waals surface area contributed by atoms with Crippen molar-refractivity contribution in [3.8, 4) is 5.75 Å². The van der Waals surface area contributed by atoms with Gasteiger partial charge in [0.05, 0.1) is 10.2 Å². The number of hydrogen-bond acceptors (Lipinski definition) is 5. The molecule has 0 aliphatic carbocycles. The molecule has 2 aromatic carbocycles. The van der Waals surface area contributed by atoms with Crippen LogP contribution in [0.2, 0.25) is 5.02 Å². The summed E-state index contributed by atoms with van der Waals surface area (Å²) in [6.45, 7) is 7.34. The number of nitrogens with one attached hydrogen (secondary N) is 1. The zero-order valence-corrected chi connectivity index (χ0v) is 18.8. The number of ether oxygens (including phenoxy) is 1. The Balaban J connectivity index is 1.38. The molecular weight excluding hydrogens is 418 g/mol. The minimum atomic E-state index is -0.643. The SMILES string of the molecule is CC1CCN(Cc2ccc3nc(NC(=O)C(C)Oc4ccc(Cl)cc4)sc3c2)CC1. The number of carbonyl (C=O) groups is 1. The van der Waals surface area contributed by atoms with Gasteiger partial charge in [-0.15, -0.1) is 0 Å². The molecule has 1 N–H and O–H groups in total. The minimum absolute atomic E-state index is 0.230. The molecule has 1 amide bonds. The largest absolute Gasteiger partial charge is 0.481 e. The van der Waals surface area contributed by atoms with Gasteiger partial charge >= 0.3 is 0 Å². The Labute approximate surface area is 186 Å². The van der Waals surface area contributed by atoms with E-state index in [4.69, 9.17) is 16.3 Å². The molecule has 0 spiro atoms. The van der Waals surface area contributed by atoms with Crippen molar-refractivity contribution in [1.29, 1.82) is 0 Å². The van der Waals surface area contributed by atoms with E-state index in [2.05, 4.69) is 34.3 Å². The van der Waals surface area contributed by atoms with Crippen LogP contribution in [-0.2, 0) is 11.3 Å². The maximum Gasteiger partial charge on any atom is 0.266 e. The number of anilines is 1. The lowest BCUT2D eigenvalue weighted by molar-refractivity contribution is -0.122. The Morgan fingerprint density at radius 3 is 2.73 bits per heavy atom. The number of piperidine rings is 1. The molecule has 4 rings (SSSR count). The number of thiazole rings is 1. The molecule has 30 heavy (non-hydrogen) atoms. The second-order valence-electron chi connectivity index (χ2n) is 7.98. The lowest BCUT2D eigenvalue weighted by Gasteiger charge is -2.30. The summed E-state index contributed by atoms with van der Waals surface area (Å²) in [5.41, 5.74) is 2.19. The number of aromatic nitrogens is 1. The van der Waals surface area contributed by atoms with E-state index in [9.17, 15) is 4.79 Å². The van der Waals surface area contributed by atoms with Gasteiger partial charge < -0.3 is 4.74 Å². The summed E-state index contributed by atoms with van der Waals surface area (Å²) >= 11 is 7.38. The highest BCUT2D eigenvalue weighted by Crippen LogP contribution is 2.28. The van der Waals surface area contributed by atoms with Gasteiger partial charge in [0.1, 0.15) is 5.75 Å². The van der Waals surface area contributed by atoms with Gasteiger partial charge in [-0.2, -0.15) is 0 Å². The summed E-state index contributed by atoms with van der Waals surface area (Å²) in [6.07, 6.45) is 1.90. The fourth-order valence-corrected chi connectivity index (χ4v) is 4.64. The molecular formula is C23H26ClN3O2S. The Kier molecular flexibility index (Phi) is 6.56. The van der Waals surface area contributed by atoms with Crippen LogP contribution in [0.15, 0.2) is 42.5 Å². The zero-order chi connectivity index (χ0) is 21.1. The molecule has 1 saturated heterocycles. The van der Waals surface area contributed by atoms with E-state index in [-0.39, 0.29) is 5.91 Å². The standard InChI is InChI=1S/C23H26ClN3O2S/c1-15-9-11-27(12-10-15)14-17-3-8-20-21(13-17)30-23(25-20)26-22(28)16(2)29-19-6-4-18(24)5-7-19/h3-8,13,15-16H,9-12,14H2,1-2H3,(H,25,26,28). The van der Waals surface area contributed by atoms with E-state index in [1.807, 2.05) is 6.07 Å². The normalized spacial score (nSPS) is 16.5. The van der Waals surface area contributed by atoms with Gasteiger partial charge in [0.25, 0.3) is 5.91 Å². The molecule has 158 valence electrons. The van der Waals surface area contributed by atoms with Crippen molar-refractivity contribution in [1.82, 2.24) is 9.88 Å². The summed E-state index contributed by atoms with van der Waals surface area (Å²) in [4.78, 5) is 19.6. The van der Waals surface area contributed by atoms with Crippen molar-refractivity contribution in [2.75, 3.05) is 18.4 Å². The molecule has 0 radical (unpaired) electrons. The highest BCUT2D eigenvalue weighted by molar-refractivity contribution is 7.22. The first kappa shape index (κ1) is 21.1. The van der Waals surface area contributed by atoms with Gasteiger partial charge in [0.2, 0.25) is 0 Å². The van der Waals surface area contributed by atoms with Crippen molar-refractivity contribution < 1.29 is 9.53 Å². The van der Waals surface area contributed by atoms with Crippen LogP contribution in [0.3, 0.4) is 0 Å². The molecule has 0 bridgehead atoms. The highest BCUT2D eigenvalue weighted by Gasteiger charge is 2.18. The Morgan fingerprint density at radius 1 is 1.27 bits per heavy atom. The zero-order valence-electron chi connectivity index (χ0n) is 17.2.